The van der Waals surface area contributed by atoms with Crippen LogP contribution in [0.4, 0.5) is 0 Å². The second-order valence-corrected chi connectivity index (χ2v) is 8.89. The van der Waals surface area contributed by atoms with E-state index >= 15 is 0 Å². The maximum Gasteiger partial charge on any atom is 0.253 e. The summed E-state index contributed by atoms with van der Waals surface area (Å²) in [5.41, 5.74) is 7.61. The van der Waals surface area contributed by atoms with E-state index in [9.17, 15) is 13.2 Å². The van der Waals surface area contributed by atoms with Crippen molar-refractivity contribution < 1.29 is 13.2 Å². The topological polar surface area (TPSA) is 92.5 Å². The second kappa shape index (κ2) is 8.03. The number of likely N-dealkylation sites (tertiary alicyclic amines) is 1. The normalized spacial score (nSPS) is 25.5. The summed E-state index contributed by atoms with van der Waals surface area (Å²) in [7, 11) is -3.21. The Balaban J connectivity index is 0.00000225. The summed E-state index contributed by atoms with van der Waals surface area (Å²) in [6.07, 6.45) is 2.19. The molecule has 1 aliphatic carbocycles. The van der Waals surface area contributed by atoms with Gasteiger partial charge in [0.15, 0.2) is 0 Å². The molecule has 25 heavy (non-hydrogen) atoms. The van der Waals surface area contributed by atoms with Gasteiger partial charge in [0.25, 0.3) is 5.91 Å². The van der Waals surface area contributed by atoms with Crippen molar-refractivity contribution in [3.8, 4) is 0 Å². The highest BCUT2D eigenvalue weighted by Crippen LogP contribution is 2.37. The summed E-state index contributed by atoms with van der Waals surface area (Å²) in [5.74, 6) is 1.09. The molecule has 8 heteroatoms. The van der Waals surface area contributed by atoms with Crippen LogP contribution in [0.15, 0.2) is 24.3 Å². The maximum absolute atomic E-state index is 12.6. The van der Waals surface area contributed by atoms with Gasteiger partial charge in [0.1, 0.15) is 0 Å². The van der Waals surface area contributed by atoms with E-state index in [-0.39, 0.29) is 36.7 Å². The van der Waals surface area contributed by atoms with Crippen molar-refractivity contribution in [2.24, 2.45) is 17.6 Å². The summed E-state index contributed by atoms with van der Waals surface area (Å²) in [5, 5.41) is 0. The van der Waals surface area contributed by atoms with Gasteiger partial charge in [-0.1, -0.05) is 12.1 Å². The minimum Gasteiger partial charge on any atom is -0.338 e. The van der Waals surface area contributed by atoms with Gasteiger partial charge in [-0.2, -0.15) is 0 Å². The Morgan fingerprint density at radius 3 is 2.52 bits per heavy atom. The molecule has 3 N–H and O–H groups in total. The maximum atomic E-state index is 12.6. The molecular formula is C17H26ClN3O3S. The summed E-state index contributed by atoms with van der Waals surface area (Å²) in [6, 6.07) is 7.36. The molecule has 6 nitrogen and oxygen atoms in total. The van der Waals surface area contributed by atoms with E-state index in [0.29, 0.717) is 17.4 Å². The van der Waals surface area contributed by atoms with Crippen LogP contribution >= 0.6 is 12.4 Å². The number of hydrogen-bond acceptors (Lipinski definition) is 4. The van der Waals surface area contributed by atoms with Crippen LogP contribution in [0, 0.1) is 11.8 Å². The molecule has 2 fully saturated rings. The minimum absolute atomic E-state index is 0. The Hall–Kier alpha value is -1.15. The first-order chi connectivity index (χ1) is 11.4. The Kier molecular flexibility index (Phi) is 6.48. The fourth-order valence-electron chi connectivity index (χ4n) is 3.72. The molecule has 0 radical (unpaired) electrons. The average Bonchev–Trinajstić information content (AvgIpc) is 3.15. The predicted octanol–water partition coefficient (Wildman–Crippen LogP) is 1.36. The number of benzene rings is 1. The molecule has 0 aromatic heterocycles. The monoisotopic (exact) mass is 387 g/mol. The lowest BCUT2D eigenvalue weighted by atomic mass is 9.98. The molecule has 3 unspecified atom stereocenters. The van der Waals surface area contributed by atoms with Gasteiger partial charge in [0.2, 0.25) is 10.0 Å². The fourth-order valence-corrected chi connectivity index (χ4v) is 4.31. The van der Waals surface area contributed by atoms with Crippen LogP contribution in [-0.4, -0.2) is 44.1 Å². The lowest BCUT2D eigenvalue weighted by Crippen LogP contribution is -2.33. The van der Waals surface area contributed by atoms with E-state index in [1.807, 2.05) is 4.90 Å². The summed E-state index contributed by atoms with van der Waals surface area (Å²) >= 11 is 0. The molecule has 1 saturated heterocycles. The zero-order valence-corrected chi connectivity index (χ0v) is 16.0. The van der Waals surface area contributed by atoms with Crippen molar-refractivity contribution in [2.45, 2.75) is 32.4 Å². The number of carbonyl (C=O) groups is 1. The number of rotatable bonds is 5. The molecule has 2 aliphatic rings. The van der Waals surface area contributed by atoms with Gasteiger partial charge in [-0.05, 0) is 49.3 Å². The largest absolute Gasteiger partial charge is 0.338 e. The molecular weight excluding hydrogens is 362 g/mol. The van der Waals surface area contributed by atoms with Crippen molar-refractivity contribution in [1.82, 2.24) is 9.62 Å². The highest BCUT2D eigenvalue weighted by molar-refractivity contribution is 7.89. The summed E-state index contributed by atoms with van der Waals surface area (Å²) in [4.78, 5) is 14.5. The molecule has 1 amide bonds. The lowest BCUT2D eigenvalue weighted by Gasteiger charge is -2.19. The van der Waals surface area contributed by atoms with E-state index in [0.717, 1.165) is 31.5 Å². The third-order valence-corrected chi connectivity index (χ3v) is 6.62. The van der Waals surface area contributed by atoms with Crippen LogP contribution in [0.5, 0.6) is 0 Å². The molecule has 1 aromatic rings. The van der Waals surface area contributed by atoms with Gasteiger partial charge in [-0.3, -0.25) is 4.79 Å². The van der Waals surface area contributed by atoms with E-state index in [4.69, 9.17) is 5.73 Å². The molecule has 1 aromatic carbocycles. The van der Waals surface area contributed by atoms with Crippen molar-refractivity contribution >= 4 is 28.3 Å². The number of nitrogens with one attached hydrogen (secondary N) is 1. The summed E-state index contributed by atoms with van der Waals surface area (Å²) in [6.45, 7) is 3.40. The van der Waals surface area contributed by atoms with Crippen molar-refractivity contribution in [3.05, 3.63) is 35.4 Å². The van der Waals surface area contributed by atoms with Gasteiger partial charge in [-0.15, -0.1) is 12.4 Å². The molecule has 0 spiro atoms. The lowest BCUT2D eigenvalue weighted by molar-refractivity contribution is 0.0779. The average molecular weight is 388 g/mol. The molecule has 140 valence electrons. The molecule has 1 aliphatic heterocycles. The third kappa shape index (κ3) is 4.53. The second-order valence-electron chi connectivity index (χ2n) is 6.80. The van der Waals surface area contributed by atoms with Gasteiger partial charge in [0.05, 0.1) is 5.75 Å². The number of halogens is 1. The molecule has 3 rings (SSSR count). The van der Waals surface area contributed by atoms with E-state index < -0.39 is 10.0 Å². The predicted molar refractivity (Wildman–Crippen MR) is 100 cm³/mol. The first-order valence-electron chi connectivity index (χ1n) is 8.50. The van der Waals surface area contributed by atoms with Crippen LogP contribution in [-0.2, 0) is 16.6 Å². The Morgan fingerprint density at radius 2 is 1.92 bits per heavy atom. The molecule has 1 heterocycles. The van der Waals surface area contributed by atoms with Crippen LogP contribution < -0.4 is 10.5 Å². The number of sulfonamides is 1. The highest BCUT2D eigenvalue weighted by Gasteiger charge is 2.42. The van der Waals surface area contributed by atoms with Gasteiger partial charge < -0.3 is 10.6 Å². The van der Waals surface area contributed by atoms with E-state index in [2.05, 4.69) is 4.72 Å². The Morgan fingerprint density at radius 1 is 1.24 bits per heavy atom. The van der Waals surface area contributed by atoms with Crippen molar-refractivity contribution in [1.29, 1.82) is 0 Å². The Bertz CT molecular complexity index is 708. The van der Waals surface area contributed by atoms with E-state index in [1.54, 1.807) is 31.2 Å². The Labute approximate surface area is 155 Å². The zero-order valence-electron chi connectivity index (χ0n) is 14.3. The van der Waals surface area contributed by atoms with Crippen LogP contribution in [0.1, 0.15) is 35.7 Å². The fraction of sp³-hybridized carbons (Fsp3) is 0.588. The molecule has 0 bridgehead atoms. The van der Waals surface area contributed by atoms with E-state index in [1.165, 1.54) is 0 Å². The van der Waals surface area contributed by atoms with Crippen LogP contribution in [0.3, 0.4) is 0 Å². The van der Waals surface area contributed by atoms with Gasteiger partial charge >= 0.3 is 0 Å². The van der Waals surface area contributed by atoms with Crippen molar-refractivity contribution in [3.63, 3.8) is 0 Å². The third-order valence-electron chi connectivity index (χ3n) is 5.28. The summed E-state index contributed by atoms with van der Waals surface area (Å²) < 4.78 is 25.4. The molecule has 3 atom stereocenters. The number of amides is 1. The van der Waals surface area contributed by atoms with Crippen molar-refractivity contribution in [2.75, 3.05) is 18.8 Å². The zero-order chi connectivity index (χ0) is 17.3. The molecule has 1 saturated carbocycles. The minimum atomic E-state index is -3.21. The van der Waals surface area contributed by atoms with Crippen LogP contribution in [0.25, 0.3) is 0 Å². The number of hydrogen-bond donors (Lipinski definition) is 2. The first kappa shape index (κ1) is 20.2. The smallest absolute Gasteiger partial charge is 0.253 e. The highest BCUT2D eigenvalue weighted by atomic mass is 35.5. The number of nitrogens with two attached hydrogens (primary N) is 1. The number of fused-ring (bicyclic) bond motifs is 1. The van der Waals surface area contributed by atoms with Gasteiger partial charge in [-0.25, -0.2) is 13.1 Å². The quantitative estimate of drug-likeness (QED) is 0.797. The SMILES string of the molecule is CCS(=O)(=O)NCc1ccc(C(=O)N2CC3CCC(N)C3C2)cc1.Cl. The number of carbonyl (C=O) groups excluding carboxylic acids is 1. The first-order valence-corrected chi connectivity index (χ1v) is 10.2. The van der Waals surface area contributed by atoms with Gasteiger partial charge in [0, 0.05) is 31.2 Å². The standard InChI is InChI=1S/C17H25N3O3S.ClH/c1-2-24(22,23)19-9-12-3-5-13(6-4-12)17(21)20-10-14-7-8-16(18)15(14)11-20;/h3-6,14-16,19H,2,7-11,18H2,1H3;1H. The number of nitrogens with zero attached hydrogens (tertiary/aromatic N) is 1. The van der Waals surface area contributed by atoms with Crippen LogP contribution in [0.2, 0.25) is 0 Å².